The smallest absolute Gasteiger partial charge is 0.237 e. The summed E-state index contributed by atoms with van der Waals surface area (Å²) < 4.78 is 5.16. The number of methoxy groups -OCH3 is 1. The number of likely N-dealkylation sites (N-methyl/N-ethyl adjacent to an activating group) is 1. The van der Waals surface area contributed by atoms with Gasteiger partial charge in [-0.2, -0.15) is 0 Å². The van der Waals surface area contributed by atoms with Gasteiger partial charge in [-0.3, -0.25) is 9.79 Å². The Balaban J connectivity index is 1.75. The van der Waals surface area contributed by atoms with E-state index in [1.165, 1.54) is 0 Å². The monoisotopic (exact) mass is 351 g/mol. The van der Waals surface area contributed by atoms with Gasteiger partial charge < -0.3 is 15.0 Å². The third-order valence-electron chi connectivity index (χ3n) is 4.71. The van der Waals surface area contributed by atoms with Crippen LogP contribution >= 0.6 is 0 Å². The topological polar surface area (TPSA) is 53.9 Å². The van der Waals surface area contributed by atoms with Crippen molar-refractivity contribution in [1.82, 2.24) is 0 Å². The molecule has 0 saturated heterocycles. The quantitative estimate of drug-likeness (QED) is 0.770. The van der Waals surface area contributed by atoms with Gasteiger partial charge in [0.25, 0.3) is 0 Å². The van der Waals surface area contributed by atoms with Crippen molar-refractivity contribution in [3.63, 3.8) is 0 Å². The average molecular weight is 351 g/mol. The normalized spacial score (nSPS) is 16.0. The number of hydrogen-bond donors (Lipinski definition) is 1. The summed E-state index contributed by atoms with van der Waals surface area (Å²) in [7, 11) is 1.71. The lowest BCUT2D eigenvalue weighted by Crippen LogP contribution is -2.26. The van der Waals surface area contributed by atoms with Crippen LogP contribution in [0.4, 0.5) is 17.1 Å². The molecule has 0 aliphatic carbocycles. The summed E-state index contributed by atoms with van der Waals surface area (Å²) in [6.45, 7) is 6.62. The van der Waals surface area contributed by atoms with Crippen LogP contribution in [0.3, 0.4) is 0 Å². The summed E-state index contributed by atoms with van der Waals surface area (Å²) in [6.07, 6.45) is 1.74. The molecular formula is C21H25N3O2. The molecule has 2 aromatic rings. The van der Waals surface area contributed by atoms with E-state index >= 15 is 0 Å². The summed E-state index contributed by atoms with van der Waals surface area (Å²) in [6, 6.07) is 14.0. The van der Waals surface area contributed by atoms with Gasteiger partial charge >= 0.3 is 0 Å². The summed E-state index contributed by atoms with van der Waals surface area (Å²) >= 11 is 0. The molecule has 136 valence electrons. The number of aliphatic imine (C=N–C) groups is 1. The van der Waals surface area contributed by atoms with Crippen molar-refractivity contribution in [2.24, 2.45) is 4.99 Å². The van der Waals surface area contributed by atoms with E-state index in [-0.39, 0.29) is 11.8 Å². The zero-order valence-corrected chi connectivity index (χ0v) is 15.5. The molecule has 0 fully saturated rings. The fraction of sp³-hybridized carbons (Fsp3) is 0.333. The maximum Gasteiger partial charge on any atom is 0.237 e. The first kappa shape index (κ1) is 18.1. The second-order valence-electron chi connectivity index (χ2n) is 6.37. The number of carbonyl (C=O) groups is 1. The molecule has 1 atom stereocenters. The van der Waals surface area contributed by atoms with E-state index < -0.39 is 0 Å². The molecule has 1 aliphatic heterocycles. The first-order chi connectivity index (χ1) is 12.6. The third kappa shape index (κ3) is 3.78. The molecule has 0 saturated carbocycles. The lowest BCUT2D eigenvalue weighted by atomic mass is 9.97. The van der Waals surface area contributed by atoms with Gasteiger partial charge in [-0.1, -0.05) is 12.1 Å². The lowest BCUT2D eigenvalue weighted by molar-refractivity contribution is -0.115. The van der Waals surface area contributed by atoms with Crippen molar-refractivity contribution in [3.8, 4) is 0 Å². The number of amides is 1. The molecule has 5 nitrogen and oxygen atoms in total. The number of benzene rings is 2. The van der Waals surface area contributed by atoms with Gasteiger partial charge in [0.2, 0.25) is 5.91 Å². The van der Waals surface area contributed by atoms with Crippen molar-refractivity contribution in [2.45, 2.75) is 19.8 Å². The third-order valence-corrected chi connectivity index (χ3v) is 4.71. The van der Waals surface area contributed by atoms with Crippen LogP contribution in [-0.4, -0.2) is 38.9 Å². The highest BCUT2D eigenvalue weighted by Gasteiger charge is 2.30. The van der Waals surface area contributed by atoms with Crippen LogP contribution < -0.4 is 10.2 Å². The highest BCUT2D eigenvalue weighted by Crippen LogP contribution is 2.34. The number of fused-ring (bicyclic) bond motifs is 1. The number of anilines is 2. The number of nitrogens with zero attached hydrogens (tertiary/aromatic N) is 2. The van der Waals surface area contributed by atoms with Crippen LogP contribution in [0.25, 0.3) is 0 Å². The first-order valence-corrected chi connectivity index (χ1v) is 8.92. The molecule has 26 heavy (non-hydrogen) atoms. The Morgan fingerprint density at radius 2 is 2.00 bits per heavy atom. The molecule has 0 bridgehead atoms. The molecule has 1 aliphatic rings. The number of rotatable bonds is 7. The van der Waals surface area contributed by atoms with Crippen LogP contribution in [0, 0.1) is 6.92 Å². The number of aryl methyl sites for hydroxylation is 1. The predicted octanol–water partition coefficient (Wildman–Crippen LogP) is 3.91. The number of hydrogen-bond acceptors (Lipinski definition) is 4. The fourth-order valence-corrected chi connectivity index (χ4v) is 3.27. The van der Waals surface area contributed by atoms with Crippen molar-refractivity contribution in [2.75, 3.05) is 37.0 Å². The van der Waals surface area contributed by atoms with Gasteiger partial charge in [0.15, 0.2) is 0 Å². The van der Waals surface area contributed by atoms with Crippen molar-refractivity contribution < 1.29 is 9.53 Å². The van der Waals surface area contributed by atoms with Gasteiger partial charge in [-0.25, -0.2) is 0 Å². The molecule has 1 amide bonds. The predicted molar refractivity (Wildman–Crippen MR) is 107 cm³/mol. The second-order valence-corrected chi connectivity index (χ2v) is 6.37. The fourth-order valence-electron chi connectivity index (χ4n) is 3.27. The molecule has 1 N–H and O–H groups in total. The molecule has 5 heteroatoms. The molecule has 2 aromatic carbocycles. The van der Waals surface area contributed by atoms with E-state index in [0.717, 1.165) is 41.3 Å². The van der Waals surface area contributed by atoms with Crippen LogP contribution in [0.15, 0.2) is 47.5 Å². The van der Waals surface area contributed by atoms with Crippen LogP contribution in [-0.2, 0) is 9.53 Å². The van der Waals surface area contributed by atoms with Gasteiger partial charge in [0.1, 0.15) is 5.92 Å². The van der Waals surface area contributed by atoms with Gasteiger partial charge in [0.05, 0.1) is 12.3 Å². The van der Waals surface area contributed by atoms with E-state index in [0.29, 0.717) is 6.61 Å². The van der Waals surface area contributed by atoms with Gasteiger partial charge in [0, 0.05) is 37.8 Å². The summed E-state index contributed by atoms with van der Waals surface area (Å²) in [5, 5.41) is 2.93. The number of nitrogens with one attached hydrogen (secondary N) is 1. The zero-order chi connectivity index (χ0) is 18.5. The van der Waals surface area contributed by atoms with Crippen LogP contribution in [0.2, 0.25) is 0 Å². The first-order valence-electron chi connectivity index (χ1n) is 8.92. The van der Waals surface area contributed by atoms with Crippen LogP contribution in [0.1, 0.15) is 24.0 Å². The number of carbonyl (C=O) groups excluding carboxylic acids is 1. The van der Waals surface area contributed by atoms with Crippen molar-refractivity contribution in [1.29, 1.82) is 0 Å². The van der Waals surface area contributed by atoms with E-state index in [4.69, 9.17) is 4.74 Å². The Morgan fingerprint density at radius 1 is 1.23 bits per heavy atom. The molecule has 0 spiro atoms. The van der Waals surface area contributed by atoms with Crippen molar-refractivity contribution >= 4 is 29.2 Å². The minimum Gasteiger partial charge on any atom is -0.383 e. The summed E-state index contributed by atoms with van der Waals surface area (Å²) in [4.78, 5) is 19.1. The minimum atomic E-state index is -0.334. The lowest BCUT2D eigenvalue weighted by Gasteiger charge is -2.22. The van der Waals surface area contributed by atoms with E-state index in [2.05, 4.69) is 34.3 Å². The molecule has 0 radical (unpaired) electrons. The SMILES string of the molecule is CCN(CCOC)c1ccc(N=CC2C(=O)Nc3cccc(C)c32)cc1. The molecule has 3 rings (SSSR count). The maximum atomic E-state index is 12.3. The molecular weight excluding hydrogens is 326 g/mol. The largest absolute Gasteiger partial charge is 0.383 e. The Morgan fingerprint density at radius 3 is 2.69 bits per heavy atom. The summed E-state index contributed by atoms with van der Waals surface area (Å²) in [5.41, 5.74) is 4.99. The Bertz CT molecular complexity index is 799. The standard InChI is InChI=1S/C21H25N3O2/c1-4-24(12-13-26-3)17-10-8-16(9-11-17)22-14-18-20-15(2)6-5-7-19(20)23-21(18)25/h5-11,14,18H,4,12-13H2,1-3H3,(H,23,25). The van der Waals surface area contributed by atoms with E-state index in [9.17, 15) is 4.79 Å². The Hall–Kier alpha value is -2.66. The van der Waals surface area contributed by atoms with Crippen molar-refractivity contribution in [3.05, 3.63) is 53.6 Å². The average Bonchev–Trinajstić information content (AvgIpc) is 2.98. The summed E-state index contributed by atoms with van der Waals surface area (Å²) in [5.74, 6) is -0.355. The maximum absolute atomic E-state index is 12.3. The van der Waals surface area contributed by atoms with E-state index in [1.807, 2.05) is 37.3 Å². The highest BCUT2D eigenvalue weighted by atomic mass is 16.5. The highest BCUT2D eigenvalue weighted by molar-refractivity contribution is 6.13. The molecule has 1 unspecified atom stereocenters. The Labute approximate surface area is 154 Å². The Kier molecular flexibility index (Phi) is 5.68. The van der Waals surface area contributed by atoms with Crippen LogP contribution in [0.5, 0.6) is 0 Å². The second kappa shape index (κ2) is 8.15. The molecule has 1 heterocycles. The van der Waals surface area contributed by atoms with E-state index in [1.54, 1.807) is 13.3 Å². The van der Waals surface area contributed by atoms with Gasteiger partial charge in [-0.05, 0) is 55.3 Å². The zero-order valence-electron chi connectivity index (χ0n) is 15.5. The molecule has 0 aromatic heterocycles. The number of ether oxygens (including phenoxy) is 1. The minimum absolute atomic E-state index is 0.0219. The van der Waals surface area contributed by atoms with Gasteiger partial charge in [-0.15, -0.1) is 0 Å².